The number of phenols is 1. The Hall–Kier alpha value is -0.540. The molecule has 2 bridgehead atoms. The summed E-state index contributed by atoms with van der Waals surface area (Å²) in [4.78, 5) is 2.55. The smallest absolute Gasteiger partial charge is 0.115 e. The van der Waals surface area contributed by atoms with E-state index < -0.39 is 0 Å². The Labute approximate surface area is 107 Å². The van der Waals surface area contributed by atoms with Crippen LogP contribution < -0.4 is 0 Å². The van der Waals surface area contributed by atoms with Gasteiger partial charge in [-0.3, -0.25) is 0 Å². The highest BCUT2D eigenvalue weighted by atomic mass is 79.9. The Morgan fingerprint density at radius 1 is 1.19 bits per heavy atom. The van der Waals surface area contributed by atoms with Gasteiger partial charge in [-0.25, -0.2) is 0 Å². The van der Waals surface area contributed by atoms with Gasteiger partial charge in [-0.2, -0.15) is 0 Å². The lowest BCUT2D eigenvalue weighted by Crippen LogP contribution is -2.46. The van der Waals surface area contributed by atoms with Gasteiger partial charge in [0.15, 0.2) is 0 Å². The molecule has 2 nitrogen and oxygen atoms in total. The van der Waals surface area contributed by atoms with Crippen molar-refractivity contribution in [2.75, 3.05) is 19.6 Å². The largest absolute Gasteiger partial charge is 0.508 e. The Kier molecular flexibility index (Phi) is 3.55. The number of rotatable bonds is 1. The van der Waals surface area contributed by atoms with E-state index >= 15 is 0 Å². The van der Waals surface area contributed by atoms with Crippen molar-refractivity contribution in [1.82, 2.24) is 4.90 Å². The molecule has 4 rings (SSSR count). The summed E-state index contributed by atoms with van der Waals surface area (Å²) in [6, 6.07) is 7.81. The highest BCUT2D eigenvalue weighted by Gasteiger charge is 2.34. The molecule has 16 heavy (non-hydrogen) atoms. The summed E-state index contributed by atoms with van der Waals surface area (Å²) >= 11 is 0. The number of phenolic OH excluding ortho intramolecular Hbond substituents is 1. The monoisotopic (exact) mass is 283 g/mol. The molecule has 3 aliphatic rings. The second-order valence-corrected chi connectivity index (χ2v) is 4.84. The number of fused-ring (bicyclic) bond motifs is 3. The Bertz CT molecular complexity index is 361. The van der Waals surface area contributed by atoms with Gasteiger partial charge in [-0.05, 0) is 55.5 Å². The van der Waals surface area contributed by atoms with Gasteiger partial charge in [0, 0.05) is 6.54 Å². The summed E-state index contributed by atoms with van der Waals surface area (Å²) in [6.07, 6.45) is 2.67. The molecule has 0 amide bonds. The number of aromatic hydroxyl groups is 1. The van der Waals surface area contributed by atoms with Crippen LogP contribution in [0.1, 0.15) is 24.3 Å². The van der Waals surface area contributed by atoms with E-state index in [4.69, 9.17) is 0 Å². The summed E-state index contributed by atoms with van der Waals surface area (Å²) in [5.74, 6) is 1.90. The minimum absolute atomic E-state index is 0. The molecule has 3 saturated heterocycles. The highest BCUT2D eigenvalue weighted by molar-refractivity contribution is 8.93. The predicted octanol–water partition coefficient (Wildman–Crippen LogP) is 2.78. The molecule has 3 fully saturated rings. The van der Waals surface area contributed by atoms with Crippen LogP contribution in [0.25, 0.3) is 0 Å². The van der Waals surface area contributed by atoms with E-state index in [1.165, 1.54) is 38.0 Å². The molecule has 1 unspecified atom stereocenters. The maximum atomic E-state index is 9.50. The second kappa shape index (κ2) is 4.76. The molecule has 1 N–H and O–H groups in total. The summed E-state index contributed by atoms with van der Waals surface area (Å²) in [5, 5.41) is 9.50. The van der Waals surface area contributed by atoms with Crippen LogP contribution in [0.2, 0.25) is 0 Å². The number of halogens is 1. The molecular formula is C13H18BrNO. The maximum Gasteiger partial charge on any atom is 0.115 e. The van der Waals surface area contributed by atoms with Crippen molar-refractivity contribution < 1.29 is 5.11 Å². The van der Waals surface area contributed by atoms with Crippen molar-refractivity contribution >= 4 is 17.0 Å². The van der Waals surface area contributed by atoms with Gasteiger partial charge in [0.25, 0.3) is 0 Å². The van der Waals surface area contributed by atoms with Crippen LogP contribution in [0.15, 0.2) is 24.3 Å². The number of hydrogen-bond acceptors (Lipinski definition) is 2. The fourth-order valence-electron chi connectivity index (χ4n) is 3.10. The molecule has 0 aliphatic carbocycles. The third-order valence-electron chi connectivity index (χ3n) is 3.95. The molecule has 1 atom stereocenters. The molecule has 3 heterocycles. The minimum Gasteiger partial charge on any atom is -0.508 e. The molecule has 0 aromatic heterocycles. The first kappa shape index (κ1) is 11.9. The van der Waals surface area contributed by atoms with Crippen molar-refractivity contribution in [1.29, 1.82) is 0 Å². The fourth-order valence-corrected chi connectivity index (χ4v) is 3.10. The highest BCUT2D eigenvalue weighted by Crippen LogP contribution is 2.39. The minimum atomic E-state index is 0. The van der Waals surface area contributed by atoms with E-state index in [1.54, 1.807) is 6.07 Å². The average molecular weight is 284 g/mol. The molecule has 1 aromatic carbocycles. The van der Waals surface area contributed by atoms with E-state index in [-0.39, 0.29) is 17.0 Å². The summed E-state index contributed by atoms with van der Waals surface area (Å²) in [7, 11) is 0. The van der Waals surface area contributed by atoms with Gasteiger partial charge < -0.3 is 10.0 Å². The van der Waals surface area contributed by atoms with Gasteiger partial charge in [0.1, 0.15) is 5.75 Å². The molecular weight excluding hydrogens is 266 g/mol. The summed E-state index contributed by atoms with van der Waals surface area (Å²) in [6.45, 7) is 3.74. The van der Waals surface area contributed by atoms with Crippen LogP contribution in [-0.4, -0.2) is 29.6 Å². The predicted molar refractivity (Wildman–Crippen MR) is 70.3 cm³/mol. The molecule has 3 heteroatoms. The van der Waals surface area contributed by atoms with E-state index in [0.29, 0.717) is 11.7 Å². The number of piperidine rings is 3. The van der Waals surface area contributed by atoms with Crippen LogP contribution in [0, 0.1) is 5.92 Å². The van der Waals surface area contributed by atoms with Crippen molar-refractivity contribution in [3.8, 4) is 5.75 Å². The third kappa shape index (κ3) is 2.11. The molecule has 88 valence electrons. The van der Waals surface area contributed by atoms with Crippen LogP contribution in [0.3, 0.4) is 0 Å². The zero-order chi connectivity index (χ0) is 10.3. The lowest BCUT2D eigenvalue weighted by Gasteiger charge is -2.45. The quantitative estimate of drug-likeness (QED) is 0.857. The first-order valence-electron chi connectivity index (χ1n) is 5.84. The molecule has 0 saturated carbocycles. The number of benzene rings is 1. The number of nitrogens with zero attached hydrogens (tertiary/aromatic N) is 1. The molecule has 3 aliphatic heterocycles. The van der Waals surface area contributed by atoms with E-state index in [2.05, 4.69) is 11.0 Å². The molecule has 1 aromatic rings. The van der Waals surface area contributed by atoms with Crippen molar-refractivity contribution in [2.24, 2.45) is 5.92 Å². The lowest BCUT2D eigenvalue weighted by atomic mass is 9.75. The van der Waals surface area contributed by atoms with Gasteiger partial charge in [0.05, 0.1) is 0 Å². The van der Waals surface area contributed by atoms with Crippen LogP contribution in [0.4, 0.5) is 0 Å². The topological polar surface area (TPSA) is 23.5 Å². The zero-order valence-corrected chi connectivity index (χ0v) is 11.0. The number of hydrogen-bond donors (Lipinski definition) is 1. The standard InChI is InChI=1S/C13H17NO.BrH/c15-12-3-1-2-11(8-12)13-9-14-6-4-10(13)5-7-14;/h1-3,8,10,13,15H,4-7,9H2;1H. The Morgan fingerprint density at radius 3 is 2.50 bits per heavy atom. The average Bonchev–Trinajstić information content (AvgIpc) is 2.30. The maximum absolute atomic E-state index is 9.50. The Balaban J connectivity index is 0.000000963. The first-order valence-corrected chi connectivity index (χ1v) is 5.84. The van der Waals surface area contributed by atoms with Crippen LogP contribution in [-0.2, 0) is 0 Å². The van der Waals surface area contributed by atoms with Gasteiger partial charge in [-0.15, -0.1) is 17.0 Å². The van der Waals surface area contributed by atoms with Crippen LogP contribution in [0.5, 0.6) is 5.75 Å². The van der Waals surface area contributed by atoms with E-state index in [0.717, 1.165) is 5.92 Å². The Morgan fingerprint density at radius 2 is 1.94 bits per heavy atom. The summed E-state index contributed by atoms with van der Waals surface area (Å²) in [5.41, 5.74) is 1.32. The van der Waals surface area contributed by atoms with Crippen molar-refractivity contribution in [2.45, 2.75) is 18.8 Å². The van der Waals surface area contributed by atoms with Gasteiger partial charge in [-0.1, -0.05) is 12.1 Å². The van der Waals surface area contributed by atoms with Gasteiger partial charge in [0.2, 0.25) is 0 Å². The van der Waals surface area contributed by atoms with Crippen molar-refractivity contribution in [3.63, 3.8) is 0 Å². The van der Waals surface area contributed by atoms with Crippen molar-refractivity contribution in [3.05, 3.63) is 29.8 Å². The fraction of sp³-hybridized carbons (Fsp3) is 0.538. The first-order chi connectivity index (χ1) is 7.33. The zero-order valence-electron chi connectivity index (χ0n) is 9.30. The summed E-state index contributed by atoms with van der Waals surface area (Å²) < 4.78 is 0. The lowest BCUT2D eigenvalue weighted by molar-refractivity contribution is 0.0870. The normalized spacial score (nSPS) is 32.1. The van der Waals surface area contributed by atoms with Gasteiger partial charge >= 0.3 is 0 Å². The SMILES string of the molecule is Br.Oc1cccc(C2CN3CCC2CC3)c1. The van der Waals surface area contributed by atoms with Crippen LogP contribution >= 0.6 is 17.0 Å². The van der Waals surface area contributed by atoms with E-state index in [1.807, 2.05) is 12.1 Å². The third-order valence-corrected chi connectivity index (χ3v) is 3.95. The molecule has 0 radical (unpaired) electrons. The molecule has 0 spiro atoms. The van der Waals surface area contributed by atoms with E-state index in [9.17, 15) is 5.11 Å². The second-order valence-electron chi connectivity index (χ2n) is 4.84.